The van der Waals surface area contributed by atoms with Crippen LogP contribution >= 0.6 is 11.6 Å². The van der Waals surface area contributed by atoms with Crippen LogP contribution in [0.4, 0.5) is 5.69 Å². The smallest absolute Gasteiger partial charge is 0.313 e. The number of esters is 1. The van der Waals surface area contributed by atoms with Gasteiger partial charge in [0.1, 0.15) is 6.29 Å². The molecule has 0 aliphatic heterocycles. The zero-order valence-corrected chi connectivity index (χ0v) is 14.2. The number of rotatable bonds is 7. The number of hydrogen-bond acceptors (Lipinski definition) is 5. The topological polar surface area (TPSA) is 86.5 Å². The molecular formula is C18H16ClNO5. The van der Waals surface area contributed by atoms with E-state index in [-0.39, 0.29) is 12.1 Å². The molecule has 0 N–H and O–H groups in total. The second kappa shape index (κ2) is 8.39. The quantitative estimate of drug-likeness (QED) is 0.323. The van der Waals surface area contributed by atoms with Crippen molar-refractivity contribution >= 4 is 29.5 Å². The number of hydrogen-bond donors (Lipinski definition) is 0. The molecule has 0 aromatic heterocycles. The lowest BCUT2D eigenvalue weighted by molar-refractivity contribution is -0.384. The first-order valence-electron chi connectivity index (χ1n) is 7.49. The van der Waals surface area contributed by atoms with Crippen LogP contribution in [0.3, 0.4) is 0 Å². The Balaban J connectivity index is 2.48. The molecule has 0 bridgehead atoms. The summed E-state index contributed by atoms with van der Waals surface area (Å²) in [6.07, 6.45) is 0.832. The first-order valence-corrected chi connectivity index (χ1v) is 7.87. The highest BCUT2D eigenvalue weighted by Crippen LogP contribution is 2.37. The number of ether oxygens (including phenoxy) is 1. The minimum absolute atomic E-state index is 0.0780. The molecule has 0 spiro atoms. The van der Waals surface area contributed by atoms with Crippen molar-refractivity contribution in [3.8, 4) is 0 Å². The second-order valence-corrected chi connectivity index (χ2v) is 5.85. The molecule has 2 atom stereocenters. The number of carbonyl (C=O) groups is 2. The normalized spacial score (nSPS) is 12.9. The van der Waals surface area contributed by atoms with E-state index in [0.717, 1.165) is 11.8 Å². The number of non-ortho nitro benzene ring substituents is 1. The summed E-state index contributed by atoms with van der Waals surface area (Å²) in [4.78, 5) is 33.9. The zero-order chi connectivity index (χ0) is 18.4. The van der Waals surface area contributed by atoms with E-state index < -0.39 is 22.7 Å². The number of halogens is 1. The van der Waals surface area contributed by atoms with Gasteiger partial charge in [0.2, 0.25) is 0 Å². The van der Waals surface area contributed by atoms with E-state index in [2.05, 4.69) is 0 Å². The molecule has 7 heteroatoms. The van der Waals surface area contributed by atoms with Crippen molar-refractivity contribution in [3.63, 3.8) is 0 Å². The van der Waals surface area contributed by atoms with E-state index >= 15 is 0 Å². The van der Waals surface area contributed by atoms with E-state index in [4.69, 9.17) is 16.3 Å². The fraction of sp³-hybridized carbons (Fsp3) is 0.222. The van der Waals surface area contributed by atoms with Crippen LogP contribution in [0.25, 0.3) is 0 Å². The summed E-state index contributed by atoms with van der Waals surface area (Å²) in [5.41, 5.74) is 1.22. The monoisotopic (exact) mass is 361 g/mol. The van der Waals surface area contributed by atoms with E-state index in [1.807, 2.05) is 0 Å². The number of methoxy groups -OCH3 is 1. The first kappa shape index (κ1) is 18.6. The van der Waals surface area contributed by atoms with Gasteiger partial charge in [-0.05, 0) is 23.3 Å². The maximum Gasteiger partial charge on any atom is 0.313 e. The Hall–Kier alpha value is -2.73. The van der Waals surface area contributed by atoms with Gasteiger partial charge in [-0.15, -0.1) is 0 Å². The third-order valence-corrected chi connectivity index (χ3v) is 4.22. The molecule has 25 heavy (non-hydrogen) atoms. The van der Waals surface area contributed by atoms with Crippen molar-refractivity contribution in [2.75, 3.05) is 7.11 Å². The van der Waals surface area contributed by atoms with Crippen molar-refractivity contribution in [1.82, 2.24) is 0 Å². The summed E-state index contributed by atoms with van der Waals surface area (Å²) in [6, 6.07) is 12.5. The average molecular weight is 362 g/mol. The van der Waals surface area contributed by atoms with E-state index in [9.17, 15) is 19.7 Å². The Morgan fingerprint density at radius 3 is 2.20 bits per heavy atom. The van der Waals surface area contributed by atoms with Crippen molar-refractivity contribution in [2.45, 2.75) is 18.3 Å². The van der Waals surface area contributed by atoms with Crippen LogP contribution in [0.2, 0.25) is 5.02 Å². The predicted molar refractivity (Wildman–Crippen MR) is 92.7 cm³/mol. The van der Waals surface area contributed by atoms with Crippen molar-refractivity contribution in [3.05, 3.63) is 74.8 Å². The van der Waals surface area contributed by atoms with Gasteiger partial charge < -0.3 is 9.53 Å². The van der Waals surface area contributed by atoms with Crippen LogP contribution < -0.4 is 0 Å². The molecule has 130 valence electrons. The predicted octanol–water partition coefficient (Wildman–Crippen LogP) is 3.88. The SMILES string of the molecule is COC(=O)[C@H](c1ccc([N+](=O)[O-])cc1)[C@H](CC=O)c1ccc(Cl)cc1. The Bertz CT molecular complexity index is 758. The molecular weight excluding hydrogens is 346 g/mol. The van der Waals surface area contributed by atoms with Gasteiger partial charge in [-0.25, -0.2) is 0 Å². The second-order valence-electron chi connectivity index (χ2n) is 5.41. The highest BCUT2D eigenvalue weighted by molar-refractivity contribution is 6.30. The van der Waals surface area contributed by atoms with E-state index in [1.54, 1.807) is 24.3 Å². The van der Waals surface area contributed by atoms with Crippen LogP contribution in [0, 0.1) is 10.1 Å². The van der Waals surface area contributed by atoms with E-state index in [0.29, 0.717) is 10.6 Å². The Morgan fingerprint density at radius 2 is 1.72 bits per heavy atom. The summed E-state index contributed by atoms with van der Waals surface area (Å²) >= 11 is 5.90. The molecule has 0 radical (unpaired) electrons. The minimum Gasteiger partial charge on any atom is -0.469 e. The molecule has 0 aliphatic carbocycles. The number of nitro groups is 1. The fourth-order valence-electron chi connectivity index (χ4n) is 2.74. The molecule has 0 heterocycles. The van der Waals surface area contributed by atoms with E-state index in [1.165, 1.54) is 31.4 Å². The van der Waals surface area contributed by atoms with Crippen LogP contribution in [0.1, 0.15) is 29.4 Å². The van der Waals surface area contributed by atoms with Crippen molar-refractivity contribution < 1.29 is 19.2 Å². The van der Waals surface area contributed by atoms with Gasteiger partial charge in [0.15, 0.2) is 0 Å². The summed E-state index contributed by atoms with van der Waals surface area (Å²) in [5.74, 6) is -1.75. The Kier molecular flexibility index (Phi) is 6.25. The molecule has 2 aromatic carbocycles. The summed E-state index contributed by atoms with van der Waals surface area (Å²) < 4.78 is 4.90. The standard InChI is InChI=1S/C18H16ClNO5/c1-25-18(22)17(13-4-8-15(9-5-13)20(23)24)16(10-11-21)12-2-6-14(19)7-3-12/h2-9,11,16-17H,10H2,1H3/t16-,17-/m1/s1. The van der Waals surface area contributed by atoms with Gasteiger partial charge in [-0.3, -0.25) is 14.9 Å². The number of aldehydes is 1. The number of nitrogens with zero attached hydrogens (tertiary/aromatic N) is 1. The maximum atomic E-state index is 12.4. The van der Waals surface area contributed by atoms with Crippen LogP contribution in [-0.4, -0.2) is 24.3 Å². The average Bonchev–Trinajstić information content (AvgIpc) is 2.62. The Morgan fingerprint density at radius 1 is 1.16 bits per heavy atom. The van der Waals surface area contributed by atoms with Crippen molar-refractivity contribution in [1.29, 1.82) is 0 Å². The van der Waals surface area contributed by atoms with Gasteiger partial charge in [0.25, 0.3) is 5.69 Å². The molecule has 6 nitrogen and oxygen atoms in total. The van der Waals surface area contributed by atoms with Gasteiger partial charge in [0, 0.05) is 29.5 Å². The number of benzene rings is 2. The summed E-state index contributed by atoms with van der Waals surface area (Å²) in [7, 11) is 1.26. The molecule has 0 aliphatic rings. The molecule has 0 amide bonds. The fourth-order valence-corrected chi connectivity index (χ4v) is 2.87. The third-order valence-electron chi connectivity index (χ3n) is 3.97. The lowest BCUT2D eigenvalue weighted by Crippen LogP contribution is -2.22. The summed E-state index contributed by atoms with van der Waals surface area (Å²) in [5, 5.41) is 11.4. The number of carbonyl (C=O) groups excluding carboxylic acids is 2. The largest absolute Gasteiger partial charge is 0.469 e. The van der Waals surface area contributed by atoms with Crippen LogP contribution in [0.15, 0.2) is 48.5 Å². The number of nitro benzene ring substituents is 1. The molecule has 0 saturated heterocycles. The van der Waals surface area contributed by atoms with Gasteiger partial charge in [-0.1, -0.05) is 35.9 Å². The minimum atomic E-state index is -0.767. The van der Waals surface area contributed by atoms with Crippen LogP contribution in [-0.2, 0) is 14.3 Å². The highest BCUT2D eigenvalue weighted by atomic mass is 35.5. The molecule has 2 aromatic rings. The lowest BCUT2D eigenvalue weighted by atomic mass is 9.79. The van der Waals surface area contributed by atoms with Gasteiger partial charge in [-0.2, -0.15) is 0 Å². The molecule has 2 rings (SSSR count). The van der Waals surface area contributed by atoms with Crippen molar-refractivity contribution in [2.24, 2.45) is 0 Å². The Labute approximate surface area is 149 Å². The lowest BCUT2D eigenvalue weighted by Gasteiger charge is -2.24. The highest BCUT2D eigenvalue weighted by Gasteiger charge is 2.32. The molecule has 0 unspecified atom stereocenters. The molecule has 0 fully saturated rings. The van der Waals surface area contributed by atoms with Gasteiger partial charge in [0.05, 0.1) is 18.0 Å². The van der Waals surface area contributed by atoms with Crippen LogP contribution in [0.5, 0.6) is 0 Å². The van der Waals surface area contributed by atoms with Gasteiger partial charge >= 0.3 is 5.97 Å². The first-order chi connectivity index (χ1) is 12.0. The molecule has 0 saturated carbocycles. The summed E-state index contributed by atoms with van der Waals surface area (Å²) in [6.45, 7) is 0. The zero-order valence-electron chi connectivity index (χ0n) is 13.4. The third kappa shape index (κ3) is 4.42. The maximum absolute atomic E-state index is 12.4.